The summed E-state index contributed by atoms with van der Waals surface area (Å²) in [6.07, 6.45) is 2.35. The Kier molecular flexibility index (Phi) is 10.3. The number of likely N-dealkylation sites (N-methyl/N-ethyl adjacent to an activating group) is 1. The molecule has 1 saturated heterocycles. The average Bonchev–Trinajstić information content (AvgIpc) is 3.00. The van der Waals surface area contributed by atoms with Crippen molar-refractivity contribution < 1.29 is 19.1 Å². The lowest BCUT2D eigenvalue weighted by Gasteiger charge is -2.43. The Labute approximate surface area is 250 Å². The molecular formula is C30H36ClN7O4. The molecule has 4 N–H and O–H groups in total. The average molecular weight is 594 g/mol. The lowest BCUT2D eigenvalue weighted by molar-refractivity contribution is 0.0715. The molecule has 1 atom stereocenters. The number of nitrogens with two attached hydrogens (primary N) is 1. The van der Waals surface area contributed by atoms with Crippen LogP contribution >= 0.6 is 11.6 Å². The molecule has 0 bridgehead atoms. The van der Waals surface area contributed by atoms with Gasteiger partial charge >= 0.3 is 0 Å². The van der Waals surface area contributed by atoms with Gasteiger partial charge < -0.3 is 30.9 Å². The third-order valence-electron chi connectivity index (χ3n) is 7.11. The van der Waals surface area contributed by atoms with E-state index in [4.69, 9.17) is 27.1 Å². The summed E-state index contributed by atoms with van der Waals surface area (Å²) in [7, 11) is 1.82. The van der Waals surface area contributed by atoms with E-state index in [1.165, 1.54) is 12.1 Å². The number of primary amides is 1. The van der Waals surface area contributed by atoms with Gasteiger partial charge in [0.15, 0.2) is 5.69 Å². The highest BCUT2D eigenvalue weighted by Crippen LogP contribution is 2.32. The molecule has 1 aromatic carbocycles. The molecule has 3 amide bonds. The predicted molar refractivity (Wildman–Crippen MR) is 162 cm³/mol. The summed E-state index contributed by atoms with van der Waals surface area (Å²) in [5.74, 6) is -0.868. The van der Waals surface area contributed by atoms with Crippen molar-refractivity contribution in [1.82, 2.24) is 25.5 Å². The van der Waals surface area contributed by atoms with Gasteiger partial charge in [0.1, 0.15) is 0 Å². The van der Waals surface area contributed by atoms with Gasteiger partial charge in [-0.15, -0.1) is 0 Å². The van der Waals surface area contributed by atoms with Crippen molar-refractivity contribution >= 4 is 35.0 Å². The molecular weight excluding hydrogens is 558 g/mol. The number of halogens is 1. The molecule has 2 aromatic heterocycles. The summed E-state index contributed by atoms with van der Waals surface area (Å²) in [6, 6.07) is 11.8. The summed E-state index contributed by atoms with van der Waals surface area (Å²) < 4.78 is 5.71. The number of nitrogens with one attached hydrogen (secondary N) is 2. The lowest BCUT2D eigenvalue weighted by atomic mass is 10.0. The molecule has 0 saturated carbocycles. The number of hydrogen-bond acceptors (Lipinski definition) is 8. The molecule has 4 rings (SSSR count). The minimum Gasteiger partial charge on any atom is -0.477 e. The smallest absolute Gasteiger partial charge is 0.272 e. The van der Waals surface area contributed by atoms with E-state index in [9.17, 15) is 14.4 Å². The number of carbonyl (C=O) groups excluding carboxylic acids is 3. The third-order valence-corrected chi connectivity index (χ3v) is 7.34. The van der Waals surface area contributed by atoms with Crippen molar-refractivity contribution in [3.05, 3.63) is 70.5 Å². The van der Waals surface area contributed by atoms with E-state index in [-0.39, 0.29) is 34.7 Å². The first kappa shape index (κ1) is 30.7. The maximum Gasteiger partial charge on any atom is 0.272 e. The Morgan fingerprint density at radius 3 is 2.62 bits per heavy atom. The SMILES string of the molecule is CCOc1ncccc1-c1ccc(N2CCN(C(=O)c3ccc(Cl)cc3C(N)=O)C[C@H]2CC)c(C(=O)NCCNC)n1. The van der Waals surface area contributed by atoms with Crippen LogP contribution in [0.4, 0.5) is 5.69 Å². The molecule has 3 heterocycles. The van der Waals surface area contributed by atoms with Crippen molar-refractivity contribution in [2.45, 2.75) is 26.3 Å². The van der Waals surface area contributed by atoms with Crippen molar-refractivity contribution in [2.24, 2.45) is 5.73 Å². The molecule has 0 aliphatic carbocycles. The standard InChI is InChI=1S/C30H36ClN7O4/c1-4-20-18-37(30(41)21-9-8-19(31)17-23(21)27(32)39)15-16-38(20)25-11-10-24(22-7-6-12-35-29(22)42-5-2)36-26(25)28(40)34-14-13-33-3/h6-12,17,20,33H,4-5,13-16,18H2,1-3H3,(H2,32,39)(H,34,40)/t20-/m1/s1. The minimum absolute atomic E-state index is 0.0881. The highest BCUT2D eigenvalue weighted by atomic mass is 35.5. The Hall–Kier alpha value is -4.22. The Bertz CT molecular complexity index is 1450. The van der Waals surface area contributed by atoms with Crippen LogP contribution in [0, 0.1) is 0 Å². The quantitative estimate of drug-likeness (QED) is 0.288. The fraction of sp³-hybridized carbons (Fsp3) is 0.367. The van der Waals surface area contributed by atoms with Crippen molar-refractivity contribution in [3.8, 4) is 17.1 Å². The van der Waals surface area contributed by atoms with Crippen molar-refractivity contribution in [1.29, 1.82) is 0 Å². The van der Waals surface area contributed by atoms with Crippen LogP contribution in [0.5, 0.6) is 5.88 Å². The number of nitrogens with zero attached hydrogens (tertiary/aromatic N) is 4. The number of amides is 3. The fourth-order valence-electron chi connectivity index (χ4n) is 5.01. The first-order valence-electron chi connectivity index (χ1n) is 14.0. The zero-order valence-corrected chi connectivity index (χ0v) is 24.8. The lowest BCUT2D eigenvalue weighted by Crippen LogP contribution is -2.55. The summed E-state index contributed by atoms with van der Waals surface area (Å²) in [4.78, 5) is 52.0. The number of benzene rings is 1. The largest absolute Gasteiger partial charge is 0.477 e. The van der Waals surface area contributed by atoms with Crippen LogP contribution in [0.2, 0.25) is 5.02 Å². The van der Waals surface area contributed by atoms with Gasteiger partial charge in [0, 0.05) is 50.0 Å². The maximum absolute atomic E-state index is 13.5. The molecule has 0 radical (unpaired) electrons. The molecule has 11 nitrogen and oxygen atoms in total. The van der Waals surface area contributed by atoms with E-state index in [0.29, 0.717) is 73.6 Å². The number of hydrogen-bond donors (Lipinski definition) is 3. The number of ether oxygens (including phenoxy) is 1. The Balaban J connectivity index is 1.66. The summed E-state index contributed by atoms with van der Waals surface area (Å²) in [5, 5.41) is 6.30. The van der Waals surface area contributed by atoms with Crippen LogP contribution in [-0.2, 0) is 0 Å². The second-order valence-corrected chi connectivity index (χ2v) is 10.2. The Morgan fingerprint density at radius 1 is 1.10 bits per heavy atom. The molecule has 1 fully saturated rings. The molecule has 12 heteroatoms. The monoisotopic (exact) mass is 593 g/mol. The molecule has 1 aliphatic rings. The molecule has 0 unspecified atom stereocenters. The van der Waals surface area contributed by atoms with Gasteiger partial charge in [-0.2, -0.15) is 0 Å². The van der Waals surface area contributed by atoms with E-state index < -0.39 is 5.91 Å². The fourth-order valence-corrected chi connectivity index (χ4v) is 5.18. The zero-order valence-electron chi connectivity index (χ0n) is 24.0. The Morgan fingerprint density at radius 2 is 1.90 bits per heavy atom. The van der Waals surface area contributed by atoms with Crippen LogP contribution < -0.4 is 26.0 Å². The van der Waals surface area contributed by atoms with Crippen LogP contribution in [0.25, 0.3) is 11.3 Å². The first-order valence-corrected chi connectivity index (χ1v) is 14.3. The highest BCUT2D eigenvalue weighted by molar-refractivity contribution is 6.31. The van der Waals surface area contributed by atoms with Crippen LogP contribution in [0.1, 0.15) is 51.5 Å². The van der Waals surface area contributed by atoms with Crippen molar-refractivity contribution in [3.63, 3.8) is 0 Å². The van der Waals surface area contributed by atoms with Gasteiger partial charge in [0.2, 0.25) is 11.8 Å². The van der Waals surface area contributed by atoms with E-state index in [1.807, 2.05) is 39.1 Å². The van der Waals surface area contributed by atoms with Crippen molar-refractivity contribution in [2.75, 3.05) is 51.3 Å². The number of anilines is 1. The first-order chi connectivity index (χ1) is 20.3. The molecule has 222 valence electrons. The van der Waals surface area contributed by atoms with E-state index in [0.717, 1.165) is 0 Å². The highest BCUT2D eigenvalue weighted by Gasteiger charge is 2.33. The topological polar surface area (TPSA) is 143 Å². The number of carbonyl (C=O) groups is 3. The van der Waals surface area contributed by atoms with E-state index >= 15 is 0 Å². The maximum atomic E-state index is 13.5. The van der Waals surface area contributed by atoms with Gasteiger partial charge in [-0.1, -0.05) is 18.5 Å². The van der Waals surface area contributed by atoms with Gasteiger partial charge in [0.25, 0.3) is 11.8 Å². The van der Waals surface area contributed by atoms with E-state index in [2.05, 4.69) is 20.5 Å². The number of aromatic nitrogens is 2. The van der Waals surface area contributed by atoms with Gasteiger partial charge in [-0.25, -0.2) is 9.97 Å². The molecule has 3 aromatic rings. The number of pyridine rings is 2. The van der Waals surface area contributed by atoms with Crippen LogP contribution in [-0.4, -0.2) is 85.0 Å². The van der Waals surface area contributed by atoms with Crippen LogP contribution in [0.15, 0.2) is 48.7 Å². The van der Waals surface area contributed by atoms with E-state index in [1.54, 1.807) is 23.2 Å². The summed E-state index contributed by atoms with van der Waals surface area (Å²) in [5.41, 5.74) is 8.04. The van der Waals surface area contributed by atoms with Gasteiger partial charge in [-0.3, -0.25) is 14.4 Å². The minimum atomic E-state index is -0.715. The molecule has 1 aliphatic heterocycles. The molecule has 0 spiro atoms. The predicted octanol–water partition coefficient (Wildman–Crippen LogP) is 2.98. The van der Waals surface area contributed by atoms with Crippen LogP contribution in [0.3, 0.4) is 0 Å². The normalized spacial score (nSPS) is 14.9. The second kappa shape index (κ2) is 14.1. The zero-order chi connectivity index (χ0) is 30.2. The number of piperazine rings is 1. The summed E-state index contributed by atoms with van der Waals surface area (Å²) in [6.45, 7) is 6.60. The van der Waals surface area contributed by atoms with Gasteiger partial charge in [0.05, 0.1) is 34.7 Å². The van der Waals surface area contributed by atoms with Gasteiger partial charge in [-0.05, 0) is 62.9 Å². The summed E-state index contributed by atoms with van der Waals surface area (Å²) >= 11 is 6.05. The third kappa shape index (κ3) is 6.80. The second-order valence-electron chi connectivity index (χ2n) is 9.77. The number of rotatable bonds is 11. The molecule has 42 heavy (non-hydrogen) atoms.